The lowest BCUT2D eigenvalue weighted by atomic mass is 10.1. The van der Waals surface area contributed by atoms with Crippen LogP contribution in [0.1, 0.15) is 13.3 Å². The molecule has 0 fully saturated rings. The summed E-state index contributed by atoms with van der Waals surface area (Å²) in [5.74, 6) is -5.75. The molecule has 160 valence electrons. The lowest BCUT2D eigenvalue weighted by Gasteiger charge is -2.24. The Balaban J connectivity index is 5.21. The highest BCUT2D eigenvalue weighted by molar-refractivity contribution is 5.96. The zero-order valence-electron chi connectivity index (χ0n) is 15.0. The third kappa shape index (κ3) is 8.26. The van der Waals surface area contributed by atoms with E-state index in [1.54, 1.807) is 0 Å². The standard InChI is InChI=1S/C14H25N5O9/c1-5(22)10(14(27)28)19-13(26)8(4-21)18-12(25)7(2-9(16)23)17-11(24)6(15)3-20/h5-8,10,20-22H,2-4,15H2,1H3,(H2,16,23)(H,17,24)(H,18,25)(H,19,26)(H,27,28). The number of hydrogen-bond acceptors (Lipinski definition) is 9. The first-order valence-electron chi connectivity index (χ1n) is 8.02. The predicted molar refractivity (Wildman–Crippen MR) is 91.1 cm³/mol. The number of carbonyl (C=O) groups is 5. The summed E-state index contributed by atoms with van der Waals surface area (Å²) >= 11 is 0. The van der Waals surface area contributed by atoms with E-state index in [-0.39, 0.29) is 0 Å². The van der Waals surface area contributed by atoms with E-state index in [1.165, 1.54) is 0 Å². The van der Waals surface area contributed by atoms with E-state index in [1.807, 2.05) is 10.6 Å². The van der Waals surface area contributed by atoms with Crippen LogP contribution in [0, 0.1) is 0 Å². The van der Waals surface area contributed by atoms with Crippen LogP contribution < -0.4 is 27.4 Å². The first kappa shape index (κ1) is 25.2. The van der Waals surface area contributed by atoms with E-state index < -0.39 is 79.5 Å². The number of amides is 4. The monoisotopic (exact) mass is 407 g/mol. The van der Waals surface area contributed by atoms with Crippen molar-refractivity contribution >= 4 is 29.6 Å². The molecule has 0 aromatic heterocycles. The number of carbonyl (C=O) groups excluding carboxylic acids is 4. The molecular weight excluding hydrogens is 382 g/mol. The molecule has 0 saturated carbocycles. The zero-order chi connectivity index (χ0) is 22.0. The van der Waals surface area contributed by atoms with Crippen LogP contribution in [0.15, 0.2) is 0 Å². The van der Waals surface area contributed by atoms with Crippen molar-refractivity contribution in [1.82, 2.24) is 16.0 Å². The molecule has 11 N–H and O–H groups in total. The maximum atomic E-state index is 12.3. The average Bonchev–Trinajstić information content (AvgIpc) is 2.61. The summed E-state index contributed by atoms with van der Waals surface area (Å²) in [7, 11) is 0. The molecule has 0 radical (unpaired) electrons. The lowest BCUT2D eigenvalue weighted by molar-refractivity contribution is -0.145. The third-order valence-electron chi connectivity index (χ3n) is 3.43. The van der Waals surface area contributed by atoms with Crippen LogP contribution in [-0.2, 0) is 24.0 Å². The summed E-state index contributed by atoms with van der Waals surface area (Å²) in [4.78, 5) is 58.1. The maximum absolute atomic E-state index is 12.3. The quantitative estimate of drug-likeness (QED) is 0.148. The van der Waals surface area contributed by atoms with Gasteiger partial charge in [-0.25, -0.2) is 4.79 Å². The Hall–Kier alpha value is -2.81. The van der Waals surface area contributed by atoms with E-state index in [0.717, 1.165) is 6.92 Å². The topological polar surface area (TPSA) is 254 Å². The van der Waals surface area contributed by atoms with Gasteiger partial charge in [0.05, 0.1) is 25.7 Å². The van der Waals surface area contributed by atoms with Gasteiger partial charge in [-0.2, -0.15) is 0 Å². The fourth-order valence-electron chi connectivity index (χ4n) is 1.88. The highest BCUT2D eigenvalue weighted by Crippen LogP contribution is 1.98. The van der Waals surface area contributed by atoms with Gasteiger partial charge in [-0.3, -0.25) is 19.2 Å². The summed E-state index contributed by atoms with van der Waals surface area (Å²) in [5, 5.41) is 42.4. The van der Waals surface area contributed by atoms with Crippen LogP contribution in [0.3, 0.4) is 0 Å². The number of aliphatic carboxylic acids is 1. The molecule has 0 aliphatic carbocycles. The number of hydrogen-bond donors (Lipinski definition) is 9. The average molecular weight is 407 g/mol. The van der Waals surface area contributed by atoms with Gasteiger partial charge in [0, 0.05) is 0 Å². The van der Waals surface area contributed by atoms with Crippen molar-refractivity contribution in [3.05, 3.63) is 0 Å². The molecule has 0 aliphatic rings. The minimum absolute atomic E-state index is 0.680. The molecule has 5 unspecified atom stereocenters. The van der Waals surface area contributed by atoms with Gasteiger partial charge in [0.25, 0.3) is 0 Å². The molecule has 5 atom stereocenters. The molecule has 0 aromatic carbocycles. The second-order valence-electron chi connectivity index (χ2n) is 5.83. The van der Waals surface area contributed by atoms with Gasteiger partial charge in [0.1, 0.15) is 18.1 Å². The Morgan fingerprint density at radius 2 is 1.39 bits per heavy atom. The van der Waals surface area contributed by atoms with E-state index >= 15 is 0 Å². The van der Waals surface area contributed by atoms with Crippen molar-refractivity contribution in [2.45, 2.75) is 43.6 Å². The van der Waals surface area contributed by atoms with Gasteiger partial charge in [-0.1, -0.05) is 0 Å². The predicted octanol–water partition coefficient (Wildman–Crippen LogP) is -5.91. The van der Waals surface area contributed by atoms with E-state index in [4.69, 9.17) is 21.7 Å². The van der Waals surface area contributed by atoms with Crippen molar-refractivity contribution in [2.75, 3.05) is 13.2 Å². The second kappa shape index (κ2) is 11.8. The van der Waals surface area contributed by atoms with Gasteiger partial charge >= 0.3 is 5.97 Å². The molecule has 28 heavy (non-hydrogen) atoms. The Labute approximate surface area is 159 Å². The SMILES string of the molecule is CC(O)C(NC(=O)C(CO)NC(=O)C(CC(N)=O)NC(=O)C(N)CO)C(=O)O. The first-order valence-corrected chi connectivity index (χ1v) is 8.02. The minimum Gasteiger partial charge on any atom is -0.480 e. The highest BCUT2D eigenvalue weighted by atomic mass is 16.4. The van der Waals surface area contributed by atoms with Crippen molar-refractivity contribution < 1.29 is 44.4 Å². The second-order valence-corrected chi connectivity index (χ2v) is 5.83. The third-order valence-corrected chi connectivity index (χ3v) is 3.43. The number of nitrogens with two attached hydrogens (primary N) is 2. The van der Waals surface area contributed by atoms with Crippen LogP contribution in [-0.4, -0.2) is 93.5 Å². The van der Waals surface area contributed by atoms with E-state index in [9.17, 15) is 34.2 Å². The zero-order valence-corrected chi connectivity index (χ0v) is 15.0. The van der Waals surface area contributed by atoms with E-state index in [2.05, 4.69) is 5.32 Å². The molecule has 0 spiro atoms. The molecule has 4 amide bonds. The van der Waals surface area contributed by atoms with Crippen LogP contribution in [0.25, 0.3) is 0 Å². The fraction of sp³-hybridized carbons (Fsp3) is 0.643. The lowest BCUT2D eigenvalue weighted by Crippen LogP contribution is -2.59. The number of primary amides is 1. The Bertz CT molecular complexity index is 598. The number of nitrogens with one attached hydrogen (secondary N) is 3. The summed E-state index contributed by atoms with van der Waals surface area (Å²) < 4.78 is 0. The molecule has 0 heterocycles. The first-order chi connectivity index (χ1) is 12.9. The van der Waals surface area contributed by atoms with Gasteiger partial charge in [-0.15, -0.1) is 0 Å². The van der Waals surface area contributed by atoms with Crippen LogP contribution in [0.5, 0.6) is 0 Å². The number of rotatable bonds is 12. The minimum atomic E-state index is -1.71. The van der Waals surface area contributed by atoms with Gasteiger partial charge in [-0.05, 0) is 6.92 Å². The van der Waals surface area contributed by atoms with Gasteiger partial charge in [0.2, 0.25) is 23.6 Å². The number of aliphatic hydroxyl groups is 3. The van der Waals surface area contributed by atoms with Crippen molar-refractivity contribution in [2.24, 2.45) is 11.5 Å². The normalized spacial score (nSPS) is 16.0. The van der Waals surface area contributed by atoms with Gasteiger partial charge in [0.15, 0.2) is 6.04 Å². The Morgan fingerprint density at radius 3 is 1.79 bits per heavy atom. The molecule has 0 aliphatic heterocycles. The summed E-state index contributed by atoms with van der Waals surface area (Å²) in [5.41, 5.74) is 10.3. The summed E-state index contributed by atoms with van der Waals surface area (Å²) in [6, 6.07) is -6.33. The molecule has 0 rings (SSSR count). The molecule has 0 saturated heterocycles. The summed E-state index contributed by atoms with van der Waals surface area (Å²) in [6.45, 7) is -0.597. The van der Waals surface area contributed by atoms with Crippen LogP contribution >= 0.6 is 0 Å². The molecule has 14 nitrogen and oxygen atoms in total. The molecule has 14 heteroatoms. The van der Waals surface area contributed by atoms with E-state index in [0.29, 0.717) is 0 Å². The summed E-state index contributed by atoms with van der Waals surface area (Å²) in [6.07, 6.45) is -2.15. The van der Waals surface area contributed by atoms with Gasteiger partial charge < -0.3 is 47.8 Å². The molecule has 0 bridgehead atoms. The Morgan fingerprint density at radius 1 is 0.893 bits per heavy atom. The number of carboxylic acid groups (broad SMARTS) is 1. The highest BCUT2D eigenvalue weighted by Gasteiger charge is 2.32. The van der Waals surface area contributed by atoms with Crippen molar-refractivity contribution in [1.29, 1.82) is 0 Å². The molecule has 0 aromatic rings. The largest absolute Gasteiger partial charge is 0.480 e. The smallest absolute Gasteiger partial charge is 0.328 e. The number of aliphatic hydroxyl groups excluding tert-OH is 3. The van der Waals surface area contributed by atoms with Crippen molar-refractivity contribution in [3.8, 4) is 0 Å². The Kier molecular flexibility index (Phi) is 10.6. The molecular formula is C14H25N5O9. The fourth-order valence-corrected chi connectivity index (χ4v) is 1.88. The number of carboxylic acids is 1. The van der Waals surface area contributed by atoms with Crippen LogP contribution in [0.2, 0.25) is 0 Å². The van der Waals surface area contributed by atoms with Crippen LogP contribution in [0.4, 0.5) is 0 Å². The maximum Gasteiger partial charge on any atom is 0.328 e. The van der Waals surface area contributed by atoms with Crippen molar-refractivity contribution in [3.63, 3.8) is 0 Å².